The molecule has 6 heteroatoms. The largest absolute Gasteiger partial charge is 0.368 e. The van der Waals surface area contributed by atoms with Crippen LogP contribution in [0.25, 0.3) is 0 Å². The first-order valence-corrected chi connectivity index (χ1v) is 6.90. The van der Waals surface area contributed by atoms with Gasteiger partial charge in [-0.15, -0.1) is 0 Å². The van der Waals surface area contributed by atoms with Crippen LogP contribution in [0.1, 0.15) is 24.4 Å². The summed E-state index contributed by atoms with van der Waals surface area (Å²) < 4.78 is 2.69. The topological polar surface area (TPSA) is 60.9 Å². The van der Waals surface area contributed by atoms with Gasteiger partial charge in [0.25, 0.3) is 0 Å². The Hall–Kier alpha value is -1.33. The van der Waals surface area contributed by atoms with E-state index in [1.807, 2.05) is 18.2 Å². The van der Waals surface area contributed by atoms with Crippen LogP contribution in [-0.4, -0.2) is 15.5 Å². The Bertz CT molecular complexity index is 591. The highest BCUT2D eigenvalue weighted by Gasteiger charge is 2.15. The summed E-state index contributed by atoms with van der Waals surface area (Å²) in [5.41, 5.74) is 6.34. The Labute approximate surface area is 124 Å². The lowest BCUT2D eigenvalue weighted by Gasteiger charge is -2.13. The Morgan fingerprint density at radius 1 is 1.53 bits per heavy atom. The van der Waals surface area contributed by atoms with Crippen LogP contribution in [0.2, 0.25) is 5.02 Å². The van der Waals surface area contributed by atoms with Gasteiger partial charge in [0, 0.05) is 28.3 Å². The van der Waals surface area contributed by atoms with E-state index >= 15 is 0 Å². The normalized spacial score (nSPS) is 12.4. The fourth-order valence-electron chi connectivity index (χ4n) is 1.87. The molecule has 1 atom stereocenters. The number of hydrogen-bond donors (Lipinski definition) is 1. The minimum atomic E-state index is -0.417. The zero-order chi connectivity index (χ0) is 14.0. The number of carbonyl (C=O) groups excluding carboxylic acids is 1. The highest BCUT2D eigenvalue weighted by Crippen LogP contribution is 2.22. The maximum Gasteiger partial charge on any atom is 0.240 e. The van der Waals surface area contributed by atoms with Gasteiger partial charge in [-0.3, -0.25) is 4.79 Å². The number of halogens is 2. The van der Waals surface area contributed by atoms with Crippen molar-refractivity contribution in [2.45, 2.75) is 19.4 Å². The molecule has 4 nitrogen and oxygen atoms in total. The van der Waals surface area contributed by atoms with Crippen molar-refractivity contribution in [2.75, 3.05) is 0 Å². The van der Waals surface area contributed by atoms with Crippen LogP contribution in [0, 0.1) is 0 Å². The Morgan fingerprint density at radius 2 is 2.26 bits per heavy atom. The van der Waals surface area contributed by atoms with Crippen LogP contribution in [0.5, 0.6) is 0 Å². The lowest BCUT2D eigenvalue weighted by Crippen LogP contribution is -2.25. The number of benzene rings is 1. The van der Waals surface area contributed by atoms with Gasteiger partial charge in [0.05, 0.1) is 0 Å². The number of rotatable bonds is 4. The molecule has 0 radical (unpaired) electrons. The quantitative estimate of drug-likeness (QED) is 0.928. The second-order valence-electron chi connectivity index (χ2n) is 4.28. The molecule has 1 unspecified atom stereocenters. The number of primary amides is 1. The average Bonchev–Trinajstić information content (AvgIpc) is 2.74. The lowest BCUT2D eigenvalue weighted by molar-refractivity contribution is -0.120. The summed E-state index contributed by atoms with van der Waals surface area (Å²) in [5, 5.41) is 0.658. The van der Waals surface area contributed by atoms with Crippen molar-refractivity contribution >= 4 is 33.4 Å². The molecule has 0 aliphatic carbocycles. The van der Waals surface area contributed by atoms with Crippen molar-refractivity contribution in [2.24, 2.45) is 5.73 Å². The van der Waals surface area contributed by atoms with E-state index in [0.29, 0.717) is 11.4 Å². The monoisotopic (exact) mass is 341 g/mol. The smallest absolute Gasteiger partial charge is 0.240 e. The summed E-state index contributed by atoms with van der Waals surface area (Å²) >= 11 is 9.41. The molecule has 100 valence electrons. The van der Waals surface area contributed by atoms with Gasteiger partial charge in [0.1, 0.15) is 11.9 Å². The SMILES string of the molecule is CC(C(N)=O)n1ccnc1Cc1cc(Cl)cc(Br)c1. The summed E-state index contributed by atoms with van der Waals surface area (Å²) in [6.45, 7) is 1.75. The van der Waals surface area contributed by atoms with Gasteiger partial charge in [-0.2, -0.15) is 0 Å². The molecule has 1 aromatic carbocycles. The van der Waals surface area contributed by atoms with Gasteiger partial charge in [0.15, 0.2) is 0 Å². The van der Waals surface area contributed by atoms with E-state index in [9.17, 15) is 4.79 Å². The maximum absolute atomic E-state index is 11.3. The number of aromatic nitrogens is 2. The first-order chi connectivity index (χ1) is 8.97. The second-order valence-corrected chi connectivity index (χ2v) is 5.64. The highest BCUT2D eigenvalue weighted by atomic mass is 79.9. The fraction of sp³-hybridized carbons (Fsp3) is 0.231. The van der Waals surface area contributed by atoms with E-state index in [4.69, 9.17) is 17.3 Å². The molecule has 2 N–H and O–H groups in total. The van der Waals surface area contributed by atoms with Crippen LogP contribution < -0.4 is 5.73 Å². The second kappa shape index (κ2) is 5.75. The number of nitrogens with two attached hydrogens (primary N) is 1. The third kappa shape index (κ3) is 3.36. The molecule has 0 fully saturated rings. The number of amides is 1. The molecule has 0 bridgehead atoms. The molecule has 2 aromatic rings. The standard InChI is InChI=1S/C13H13BrClN3O/c1-8(13(16)19)18-3-2-17-12(18)6-9-4-10(14)7-11(15)5-9/h2-5,7-8H,6H2,1H3,(H2,16,19). The average molecular weight is 343 g/mol. The van der Waals surface area contributed by atoms with Gasteiger partial charge < -0.3 is 10.3 Å². The van der Waals surface area contributed by atoms with Gasteiger partial charge in [0.2, 0.25) is 5.91 Å². The van der Waals surface area contributed by atoms with Crippen LogP contribution in [0.15, 0.2) is 35.1 Å². The van der Waals surface area contributed by atoms with E-state index < -0.39 is 6.04 Å². The minimum Gasteiger partial charge on any atom is -0.368 e. The van der Waals surface area contributed by atoms with Gasteiger partial charge in [-0.05, 0) is 30.7 Å². The van der Waals surface area contributed by atoms with E-state index in [1.54, 1.807) is 23.9 Å². The van der Waals surface area contributed by atoms with E-state index in [1.165, 1.54) is 0 Å². The van der Waals surface area contributed by atoms with Crippen molar-refractivity contribution < 1.29 is 4.79 Å². The fourth-order valence-corrected chi connectivity index (χ4v) is 2.80. The van der Waals surface area contributed by atoms with Crippen molar-refractivity contribution in [3.63, 3.8) is 0 Å². The van der Waals surface area contributed by atoms with E-state index in [-0.39, 0.29) is 5.91 Å². The predicted molar refractivity (Wildman–Crippen MR) is 78.1 cm³/mol. The summed E-state index contributed by atoms with van der Waals surface area (Å²) in [4.78, 5) is 15.5. The number of nitrogens with zero attached hydrogens (tertiary/aromatic N) is 2. The van der Waals surface area contributed by atoms with Gasteiger partial charge in [-0.25, -0.2) is 4.98 Å². The Balaban J connectivity index is 2.29. The number of hydrogen-bond acceptors (Lipinski definition) is 2. The molecule has 0 aliphatic rings. The molecule has 1 aromatic heterocycles. The lowest BCUT2D eigenvalue weighted by atomic mass is 10.1. The molecule has 0 saturated carbocycles. The summed E-state index contributed by atoms with van der Waals surface area (Å²) in [6, 6.07) is 5.25. The van der Waals surface area contributed by atoms with Crippen molar-refractivity contribution in [3.05, 3.63) is 51.5 Å². The van der Waals surface area contributed by atoms with Crippen molar-refractivity contribution in [1.82, 2.24) is 9.55 Å². The molecule has 0 aliphatic heterocycles. The first-order valence-electron chi connectivity index (χ1n) is 5.73. The molecule has 0 spiro atoms. The Morgan fingerprint density at radius 3 is 2.89 bits per heavy atom. The van der Waals surface area contributed by atoms with Crippen molar-refractivity contribution in [1.29, 1.82) is 0 Å². The zero-order valence-corrected chi connectivity index (χ0v) is 12.6. The number of imidazole rings is 1. The summed E-state index contributed by atoms with van der Waals surface area (Å²) in [6.07, 6.45) is 4.00. The molecule has 1 heterocycles. The molecular weight excluding hydrogens is 330 g/mol. The van der Waals surface area contributed by atoms with Gasteiger partial charge >= 0.3 is 0 Å². The Kier molecular flexibility index (Phi) is 4.27. The molecule has 0 saturated heterocycles. The highest BCUT2D eigenvalue weighted by molar-refractivity contribution is 9.10. The molecular formula is C13H13BrClN3O. The van der Waals surface area contributed by atoms with Crippen LogP contribution >= 0.6 is 27.5 Å². The zero-order valence-electron chi connectivity index (χ0n) is 10.3. The third-order valence-corrected chi connectivity index (χ3v) is 3.54. The summed E-state index contributed by atoms with van der Waals surface area (Å²) in [5.74, 6) is 0.395. The maximum atomic E-state index is 11.3. The first kappa shape index (κ1) is 14.1. The molecule has 1 amide bonds. The molecule has 19 heavy (non-hydrogen) atoms. The van der Waals surface area contributed by atoms with E-state index in [2.05, 4.69) is 20.9 Å². The van der Waals surface area contributed by atoms with Crippen LogP contribution in [-0.2, 0) is 11.2 Å². The van der Waals surface area contributed by atoms with Crippen LogP contribution in [0.3, 0.4) is 0 Å². The predicted octanol–water partition coefficient (Wildman–Crippen LogP) is 2.94. The summed E-state index contributed by atoms with van der Waals surface area (Å²) in [7, 11) is 0. The third-order valence-electron chi connectivity index (χ3n) is 2.86. The van der Waals surface area contributed by atoms with Crippen LogP contribution in [0.4, 0.5) is 0 Å². The van der Waals surface area contributed by atoms with Gasteiger partial charge in [-0.1, -0.05) is 27.5 Å². The minimum absolute atomic E-state index is 0.383. The molecule has 2 rings (SSSR count). The number of carbonyl (C=O) groups is 1. The van der Waals surface area contributed by atoms with Crippen molar-refractivity contribution in [3.8, 4) is 0 Å². The van der Waals surface area contributed by atoms with E-state index in [0.717, 1.165) is 15.9 Å².